The van der Waals surface area contributed by atoms with Crippen LogP contribution in [0.15, 0.2) is 36.7 Å². The van der Waals surface area contributed by atoms with Gasteiger partial charge in [0.1, 0.15) is 5.75 Å². The highest BCUT2D eigenvalue weighted by molar-refractivity contribution is 5.73. The predicted octanol–water partition coefficient (Wildman–Crippen LogP) is 2.32. The molecule has 134 valence electrons. The van der Waals surface area contributed by atoms with Gasteiger partial charge in [0.05, 0.1) is 19.3 Å². The topological polar surface area (TPSA) is 50.6 Å². The van der Waals surface area contributed by atoms with E-state index in [1.807, 2.05) is 34.0 Å². The van der Waals surface area contributed by atoms with Gasteiger partial charge < -0.3 is 9.64 Å². The van der Waals surface area contributed by atoms with E-state index in [9.17, 15) is 4.79 Å². The van der Waals surface area contributed by atoms with Crippen LogP contribution in [0.4, 0.5) is 0 Å². The van der Waals surface area contributed by atoms with Crippen LogP contribution in [-0.2, 0) is 17.9 Å². The van der Waals surface area contributed by atoms with E-state index in [0.29, 0.717) is 6.54 Å². The largest absolute Gasteiger partial charge is 0.496 e. The third kappa shape index (κ3) is 3.85. The van der Waals surface area contributed by atoms with Gasteiger partial charge in [0.2, 0.25) is 5.91 Å². The zero-order valence-electron chi connectivity index (χ0n) is 15.2. The monoisotopic (exact) mass is 342 g/mol. The summed E-state index contributed by atoms with van der Waals surface area (Å²) >= 11 is 0. The summed E-state index contributed by atoms with van der Waals surface area (Å²) in [6.07, 6.45) is 4.02. The van der Waals surface area contributed by atoms with Crippen LogP contribution in [0.25, 0.3) is 0 Å². The molecule has 6 nitrogen and oxygen atoms in total. The maximum atomic E-state index is 11.9. The van der Waals surface area contributed by atoms with Crippen molar-refractivity contribution in [2.75, 3.05) is 26.7 Å². The number of para-hydroxylation sites is 1. The molecule has 1 fully saturated rings. The number of amides is 1. The van der Waals surface area contributed by atoms with Crippen LogP contribution in [0.5, 0.6) is 5.75 Å². The molecular formula is C19H26N4O2. The first-order valence-corrected chi connectivity index (χ1v) is 8.76. The van der Waals surface area contributed by atoms with Crippen molar-refractivity contribution in [3.05, 3.63) is 47.8 Å². The Bertz CT molecular complexity index is 728. The van der Waals surface area contributed by atoms with E-state index in [1.165, 1.54) is 5.56 Å². The van der Waals surface area contributed by atoms with Crippen molar-refractivity contribution in [1.82, 2.24) is 19.6 Å². The minimum Gasteiger partial charge on any atom is -0.496 e. The van der Waals surface area contributed by atoms with Crippen molar-refractivity contribution in [2.24, 2.45) is 0 Å². The Morgan fingerprint density at radius 2 is 2.12 bits per heavy atom. The second kappa shape index (κ2) is 7.70. The van der Waals surface area contributed by atoms with Gasteiger partial charge in [0.15, 0.2) is 0 Å². The average Bonchev–Trinajstić information content (AvgIpc) is 3.09. The molecule has 1 amide bonds. The number of piperazine rings is 1. The number of carbonyl (C=O) groups is 1. The van der Waals surface area contributed by atoms with Gasteiger partial charge in [-0.1, -0.05) is 18.2 Å². The van der Waals surface area contributed by atoms with E-state index in [-0.39, 0.29) is 11.9 Å². The van der Waals surface area contributed by atoms with E-state index < -0.39 is 0 Å². The van der Waals surface area contributed by atoms with Gasteiger partial charge in [-0.2, -0.15) is 5.10 Å². The highest BCUT2D eigenvalue weighted by atomic mass is 16.5. The second-order valence-electron chi connectivity index (χ2n) is 6.40. The zero-order valence-corrected chi connectivity index (χ0v) is 15.2. The minimum absolute atomic E-state index is 0.110. The number of benzene rings is 1. The van der Waals surface area contributed by atoms with E-state index in [1.54, 1.807) is 14.0 Å². The van der Waals surface area contributed by atoms with E-state index in [2.05, 4.69) is 29.2 Å². The van der Waals surface area contributed by atoms with Gasteiger partial charge in [-0.05, 0) is 13.0 Å². The second-order valence-corrected chi connectivity index (χ2v) is 6.40. The Morgan fingerprint density at radius 1 is 1.32 bits per heavy atom. The Balaban J connectivity index is 1.87. The molecule has 1 atom stereocenters. The molecule has 0 N–H and O–H groups in total. The lowest BCUT2D eigenvalue weighted by molar-refractivity contribution is -0.132. The van der Waals surface area contributed by atoms with Crippen LogP contribution in [0.1, 0.15) is 31.0 Å². The summed E-state index contributed by atoms with van der Waals surface area (Å²) in [6.45, 7) is 7.67. The molecule has 1 aromatic carbocycles. The zero-order chi connectivity index (χ0) is 17.8. The number of hydrogen-bond donors (Lipinski definition) is 0. The van der Waals surface area contributed by atoms with E-state index in [4.69, 9.17) is 4.74 Å². The predicted molar refractivity (Wildman–Crippen MR) is 96.3 cm³/mol. The number of aromatic nitrogens is 2. The maximum absolute atomic E-state index is 11.9. The fourth-order valence-electron chi connectivity index (χ4n) is 3.43. The van der Waals surface area contributed by atoms with Crippen molar-refractivity contribution in [2.45, 2.75) is 33.0 Å². The Kier molecular flexibility index (Phi) is 5.38. The molecule has 1 aromatic heterocycles. The Hall–Kier alpha value is -2.34. The standard InChI is InChI=1S/C19H26N4O2/c1-4-23-13-16(11-20-23)12-22-10-9-21(15(2)24)14-18(22)17-7-5-6-8-19(17)25-3/h5-8,11,13,18H,4,9-10,12,14H2,1-3H3/t18-/m0/s1. The molecule has 1 aliphatic rings. The molecule has 25 heavy (non-hydrogen) atoms. The summed E-state index contributed by atoms with van der Waals surface area (Å²) in [5.74, 6) is 0.991. The van der Waals surface area contributed by atoms with Crippen molar-refractivity contribution in [1.29, 1.82) is 0 Å². The number of hydrogen-bond acceptors (Lipinski definition) is 4. The summed E-state index contributed by atoms with van der Waals surface area (Å²) in [4.78, 5) is 16.2. The van der Waals surface area contributed by atoms with Gasteiger partial charge in [-0.15, -0.1) is 0 Å². The molecule has 0 bridgehead atoms. The SMILES string of the molecule is CCn1cc(CN2CCN(C(C)=O)C[C@H]2c2ccccc2OC)cn1. The number of methoxy groups -OCH3 is 1. The molecule has 0 spiro atoms. The average molecular weight is 342 g/mol. The van der Waals surface area contributed by atoms with Gasteiger partial charge in [-0.3, -0.25) is 14.4 Å². The highest BCUT2D eigenvalue weighted by Gasteiger charge is 2.31. The molecule has 1 saturated heterocycles. The molecule has 3 rings (SSSR count). The summed E-state index contributed by atoms with van der Waals surface area (Å²) < 4.78 is 7.51. The number of aryl methyl sites for hydroxylation is 1. The van der Waals surface area contributed by atoms with Gasteiger partial charge in [0.25, 0.3) is 0 Å². The first kappa shape index (κ1) is 17.5. The molecule has 0 aliphatic carbocycles. The molecule has 1 aliphatic heterocycles. The van der Waals surface area contributed by atoms with Crippen LogP contribution >= 0.6 is 0 Å². The number of carbonyl (C=O) groups excluding carboxylic acids is 1. The van der Waals surface area contributed by atoms with Crippen LogP contribution in [0.3, 0.4) is 0 Å². The molecule has 0 radical (unpaired) electrons. The Morgan fingerprint density at radius 3 is 2.80 bits per heavy atom. The number of ether oxygens (including phenoxy) is 1. The minimum atomic E-state index is 0.110. The summed E-state index contributed by atoms with van der Waals surface area (Å²) in [5.41, 5.74) is 2.32. The smallest absolute Gasteiger partial charge is 0.219 e. The fraction of sp³-hybridized carbons (Fsp3) is 0.474. The van der Waals surface area contributed by atoms with Crippen molar-refractivity contribution >= 4 is 5.91 Å². The molecule has 2 aromatic rings. The molecular weight excluding hydrogens is 316 g/mol. The van der Waals surface area contributed by atoms with E-state index in [0.717, 1.165) is 37.5 Å². The van der Waals surface area contributed by atoms with Gasteiger partial charge >= 0.3 is 0 Å². The molecule has 0 unspecified atom stereocenters. The maximum Gasteiger partial charge on any atom is 0.219 e. The van der Waals surface area contributed by atoms with Crippen molar-refractivity contribution in [3.63, 3.8) is 0 Å². The number of rotatable bonds is 5. The Labute approximate surface area is 149 Å². The lowest BCUT2D eigenvalue weighted by Gasteiger charge is -2.41. The van der Waals surface area contributed by atoms with Crippen molar-refractivity contribution < 1.29 is 9.53 Å². The molecule has 6 heteroatoms. The lowest BCUT2D eigenvalue weighted by Crippen LogP contribution is -2.49. The molecule has 2 heterocycles. The van der Waals surface area contributed by atoms with Gasteiger partial charge in [-0.25, -0.2) is 0 Å². The number of nitrogens with zero attached hydrogens (tertiary/aromatic N) is 4. The third-order valence-corrected chi connectivity index (χ3v) is 4.83. The van der Waals surface area contributed by atoms with Crippen molar-refractivity contribution in [3.8, 4) is 5.75 Å². The summed E-state index contributed by atoms with van der Waals surface area (Å²) in [7, 11) is 1.69. The van der Waals surface area contributed by atoms with Crippen LogP contribution < -0.4 is 4.74 Å². The highest BCUT2D eigenvalue weighted by Crippen LogP contribution is 2.33. The quantitative estimate of drug-likeness (QED) is 0.837. The van der Waals surface area contributed by atoms with Gasteiger partial charge in [0, 0.05) is 57.0 Å². The van der Waals surface area contributed by atoms with E-state index >= 15 is 0 Å². The first-order valence-electron chi connectivity index (χ1n) is 8.76. The summed E-state index contributed by atoms with van der Waals surface area (Å²) in [6, 6.07) is 8.19. The van der Waals surface area contributed by atoms with Crippen LogP contribution in [0.2, 0.25) is 0 Å². The summed E-state index contributed by atoms with van der Waals surface area (Å²) in [5, 5.41) is 4.38. The lowest BCUT2D eigenvalue weighted by atomic mass is 10.0. The van der Waals surface area contributed by atoms with Crippen LogP contribution in [0, 0.1) is 0 Å². The fourth-order valence-corrected chi connectivity index (χ4v) is 3.43. The third-order valence-electron chi connectivity index (χ3n) is 4.83. The van der Waals surface area contributed by atoms with Crippen LogP contribution in [-0.4, -0.2) is 52.2 Å². The first-order chi connectivity index (χ1) is 12.1. The normalized spacial score (nSPS) is 18.4. The molecule has 0 saturated carbocycles.